The second-order valence-corrected chi connectivity index (χ2v) is 6.35. The fourth-order valence-electron chi connectivity index (χ4n) is 2.34. The van der Waals surface area contributed by atoms with Crippen LogP contribution in [-0.4, -0.2) is 32.7 Å². The highest BCUT2D eigenvalue weighted by Crippen LogP contribution is 2.36. The fourth-order valence-corrected chi connectivity index (χ4v) is 2.64. The van der Waals surface area contributed by atoms with Gasteiger partial charge in [-0.1, -0.05) is 41.4 Å². The minimum Gasteiger partial charge on any atom is -0.493 e. The van der Waals surface area contributed by atoms with Gasteiger partial charge in [-0.2, -0.15) is 0 Å². The van der Waals surface area contributed by atoms with Crippen molar-refractivity contribution in [3.8, 4) is 11.5 Å². The molecule has 0 bridgehead atoms. The second-order valence-electron chi connectivity index (χ2n) is 5.94. The number of rotatable bonds is 8. The molecule has 148 valence electrons. The van der Waals surface area contributed by atoms with Gasteiger partial charge in [0.2, 0.25) is 0 Å². The Labute approximate surface area is 169 Å². The molecule has 0 unspecified atom stereocenters. The van der Waals surface area contributed by atoms with Crippen molar-refractivity contribution in [2.24, 2.45) is 0 Å². The van der Waals surface area contributed by atoms with Crippen LogP contribution in [0.15, 0.2) is 42.5 Å². The summed E-state index contributed by atoms with van der Waals surface area (Å²) in [4.78, 5) is 23.6. The zero-order valence-corrected chi connectivity index (χ0v) is 16.7. The van der Waals surface area contributed by atoms with Crippen molar-refractivity contribution in [1.29, 1.82) is 0 Å². The van der Waals surface area contributed by atoms with Crippen LogP contribution in [0.5, 0.6) is 11.5 Å². The second kappa shape index (κ2) is 10.4. The Morgan fingerprint density at radius 1 is 1.11 bits per heavy atom. The van der Waals surface area contributed by atoms with Crippen LogP contribution in [0.25, 0.3) is 6.08 Å². The molecule has 0 fully saturated rings. The highest BCUT2D eigenvalue weighted by molar-refractivity contribution is 6.32. The maximum atomic E-state index is 11.8. The van der Waals surface area contributed by atoms with Crippen LogP contribution in [0.1, 0.15) is 16.7 Å². The molecular formula is C21H22ClNO5. The van der Waals surface area contributed by atoms with Gasteiger partial charge in [0.25, 0.3) is 5.91 Å². The lowest BCUT2D eigenvalue weighted by Gasteiger charge is -2.10. The van der Waals surface area contributed by atoms with E-state index in [9.17, 15) is 9.59 Å². The van der Waals surface area contributed by atoms with E-state index >= 15 is 0 Å². The predicted molar refractivity (Wildman–Crippen MR) is 108 cm³/mol. The minimum absolute atomic E-state index is 0.352. The van der Waals surface area contributed by atoms with Crippen molar-refractivity contribution in [2.45, 2.75) is 13.5 Å². The van der Waals surface area contributed by atoms with Crippen LogP contribution >= 0.6 is 11.6 Å². The van der Waals surface area contributed by atoms with E-state index in [1.54, 1.807) is 12.1 Å². The molecule has 2 aromatic rings. The number of halogens is 1. The smallest absolute Gasteiger partial charge is 0.331 e. The first-order valence-electron chi connectivity index (χ1n) is 8.51. The topological polar surface area (TPSA) is 73.9 Å². The molecule has 2 rings (SSSR count). The lowest BCUT2D eigenvalue weighted by molar-refractivity contribution is -0.143. The van der Waals surface area contributed by atoms with Crippen molar-refractivity contribution in [3.63, 3.8) is 0 Å². The van der Waals surface area contributed by atoms with Gasteiger partial charge in [0.1, 0.15) is 0 Å². The monoisotopic (exact) mass is 403 g/mol. The first kappa shape index (κ1) is 21.3. The number of hydrogen-bond acceptors (Lipinski definition) is 5. The Hall–Kier alpha value is -2.99. The van der Waals surface area contributed by atoms with Crippen molar-refractivity contribution in [1.82, 2.24) is 5.32 Å². The molecule has 6 nitrogen and oxygen atoms in total. The van der Waals surface area contributed by atoms with Gasteiger partial charge in [-0.15, -0.1) is 0 Å². The summed E-state index contributed by atoms with van der Waals surface area (Å²) in [6, 6.07) is 11.1. The highest BCUT2D eigenvalue weighted by Gasteiger charge is 2.10. The summed E-state index contributed by atoms with van der Waals surface area (Å²) in [5.74, 6) is -0.166. The van der Waals surface area contributed by atoms with Gasteiger partial charge in [0.05, 0.1) is 19.2 Å². The number of nitrogens with one attached hydrogen (secondary N) is 1. The quantitative estimate of drug-likeness (QED) is 0.539. The number of carbonyl (C=O) groups is 2. The van der Waals surface area contributed by atoms with E-state index in [1.807, 2.05) is 31.2 Å². The Balaban J connectivity index is 1.84. The van der Waals surface area contributed by atoms with Crippen LogP contribution in [0.4, 0.5) is 0 Å². The molecule has 0 aliphatic rings. The Morgan fingerprint density at radius 2 is 1.82 bits per heavy atom. The van der Waals surface area contributed by atoms with E-state index in [1.165, 1.54) is 26.4 Å². The average molecular weight is 404 g/mol. The summed E-state index contributed by atoms with van der Waals surface area (Å²) in [6.07, 6.45) is 2.73. The Kier molecular flexibility index (Phi) is 7.89. The molecule has 0 saturated carbocycles. The summed E-state index contributed by atoms with van der Waals surface area (Å²) >= 11 is 6.12. The molecule has 0 aliphatic carbocycles. The van der Waals surface area contributed by atoms with E-state index in [0.29, 0.717) is 28.6 Å². The standard InChI is InChI=1S/C21H22ClNO5/c1-14-4-6-15(7-5-14)12-23-19(24)13-28-20(25)9-8-16-10-17(22)21(27-3)18(11-16)26-2/h4-11H,12-13H2,1-3H3,(H,23,24)/b9-8+. The molecule has 0 saturated heterocycles. The van der Waals surface area contributed by atoms with Crippen LogP contribution in [0.3, 0.4) is 0 Å². The molecule has 28 heavy (non-hydrogen) atoms. The van der Waals surface area contributed by atoms with Gasteiger partial charge in [-0.3, -0.25) is 4.79 Å². The van der Waals surface area contributed by atoms with Crippen LogP contribution in [0, 0.1) is 6.92 Å². The third-order valence-electron chi connectivity index (χ3n) is 3.82. The lowest BCUT2D eigenvalue weighted by Crippen LogP contribution is -2.28. The molecule has 0 atom stereocenters. The number of methoxy groups -OCH3 is 2. The predicted octanol–water partition coefficient (Wildman–Crippen LogP) is 3.54. The summed E-state index contributed by atoms with van der Waals surface area (Å²) in [5.41, 5.74) is 2.74. The van der Waals surface area contributed by atoms with Crippen LogP contribution < -0.4 is 14.8 Å². The zero-order valence-electron chi connectivity index (χ0n) is 16.0. The number of ether oxygens (including phenoxy) is 3. The van der Waals surface area contributed by atoms with Gasteiger partial charge in [-0.05, 0) is 36.3 Å². The van der Waals surface area contributed by atoms with Gasteiger partial charge < -0.3 is 19.5 Å². The minimum atomic E-state index is -0.642. The SMILES string of the molecule is COc1cc(/C=C/C(=O)OCC(=O)NCc2ccc(C)cc2)cc(Cl)c1OC. The first-order chi connectivity index (χ1) is 13.4. The molecule has 7 heteroatoms. The number of benzene rings is 2. The van der Waals surface area contributed by atoms with Gasteiger partial charge in [-0.25, -0.2) is 4.79 Å². The number of aryl methyl sites for hydroxylation is 1. The van der Waals surface area contributed by atoms with Crippen molar-refractivity contribution in [2.75, 3.05) is 20.8 Å². The molecule has 0 spiro atoms. The summed E-state index contributed by atoms with van der Waals surface area (Å²) < 4.78 is 15.3. The number of carbonyl (C=O) groups excluding carboxylic acids is 2. The molecule has 0 heterocycles. The van der Waals surface area contributed by atoms with Crippen molar-refractivity contribution in [3.05, 3.63) is 64.2 Å². The van der Waals surface area contributed by atoms with Gasteiger partial charge in [0.15, 0.2) is 18.1 Å². The summed E-state index contributed by atoms with van der Waals surface area (Å²) in [7, 11) is 2.98. The molecule has 0 aromatic heterocycles. The van der Waals surface area contributed by atoms with E-state index < -0.39 is 5.97 Å². The van der Waals surface area contributed by atoms with E-state index in [0.717, 1.165) is 11.1 Å². The number of esters is 1. The Bertz CT molecular complexity index is 862. The van der Waals surface area contributed by atoms with Crippen LogP contribution in [-0.2, 0) is 20.9 Å². The first-order valence-corrected chi connectivity index (χ1v) is 8.89. The fraction of sp³-hybridized carbons (Fsp3) is 0.238. The molecule has 1 amide bonds. The maximum Gasteiger partial charge on any atom is 0.331 e. The van der Waals surface area contributed by atoms with E-state index in [2.05, 4.69) is 5.32 Å². The van der Waals surface area contributed by atoms with Gasteiger partial charge in [0, 0.05) is 12.6 Å². The molecule has 0 radical (unpaired) electrons. The molecule has 1 N–H and O–H groups in total. The molecule has 2 aromatic carbocycles. The van der Waals surface area contributed by atoms with Gasteiger partial charge >= 0.3 is 5.97 Å². The summed E-state index contributed by atoms with van der Waals surface area (Å²) in [6.45, 7) is 2.00. The molecule has 0 aliphatic heterocycles. The van der Waals surface area contributed by atoms with Crippen molar-refractivity contribution >= 4 is 29.6 Å². The normalized spacial score (nSPS) is 10.6. The van der Waals surface area contributed by atoms with E-state index in [4.69, 9.17) is 25.8 Å². The van der Waals surface area contributed by atoms with Crippen LogP contribution in [0.2, 0.25) is 5.02 Å². The third kappa shape index (κ3) is 6.32. The zero-order chi connectivity index (χ0) is 20.5. The largest absolute Gasteiger partial charge is 0.493 e. The van der Waals surface area contributed by atoms with E-state index in [-0.39, 0.29) is 12.5 Å². The number of amides is 1. The Morgan fingerprint density at radius 3 is 2.46 bits per heavy atom. The lowest BCUT2D eigenvalue weighted by atomic mass is 10.1. The maximum absolute atomic E-state index is 11.8. The number of hydrogen-bond donors (Lipinski definition) is 1. The third-order valence-corrected chi connectivity index (χ3v) is 4.10. The van der Waals surface area contributed by atoms with Crippen molar-refractivity contribution < 1.29 is 23.8 Å². The molecular weight excluding hydrogens is 382 g/mol. The highest BCUT2D eigenvalue weighted by atomic mass is 35.5. The average Bonchev–Trinajstić information content (AvgIpc) is 2.69. The summed E-state index contributed by atoms with van der Waals surface area (Å²) in [5, 5.41) is 3.05.